The van der Waals surface area contributed by atoms with Crippen LogP contribution in [0.25, 0.3) is 10.8 Å². The van der Waals surface area contributed by atoms with Crippen molar-refractivity contribution in [3.63, 3.8) is 0 Å². The zero-order chi connectivity index (χ0) is 73.2. The second kappa shape index (κ2) is 35.2. The molecule has 0 heterocycles. The molecule has 100 heavy (non-hydrogen) atoms. The van der Waals surface area contributed by atoms with Crippen molar-refractivity contribution in [2.24, 2.45) is 25.0 Å². The highest BCUT2D eigenvalue weighted by molar-refractivity contribution is 6.35. The summed E-state index contributed by atoms with van der Waals surface area (Å²) in [6.45, 7) is 24.2. The van der Waals surface area contributed by atoms with Gasteiger partial charge < -0.3 is 35.7 Å². The Morgan fingerprint density at radius 1 is 0.310 bits per heavy atom. The van der Waals surface area contributed by atoms with E-state index in [0.29, 0.717) is 75.6 Å². The summed E-state index contributed by atoms with van der Waals surface area (Å²) in [6, 6.07) is 58.2. The number of fused-ring (bicyclic) bond motifs is 1. The molecule has 0 saturated heterocycles. The van der Waals surface area contributed by atoms with Crippen molar-refractivity contribution in [1.82, 2.24) is 0 Å². The number of benzene rings is 11. The van der Waals surface area contributed by atoms with Gasteiger partial charge in [0.2, 0.25) is 0 Å². The minimum Gasteiger partial charge on any atom is -0.507 e. The Labute approximate surface area is 610 Å². The summed E-state index contributed by atoms with van der Waals surface area (Å²) < 4.78 is 0. The molecular formula is C83H80Cl5N5O7. The molecule has 11 aromatic carbocycles. The number of aromatic hydroxyl groups is 7. The summed E-state index contributed by atoms with van der Waals surface area (Å²) in [4.78, 5) is 21.7. The van der Waals surface area contributed by atoms with Gasteiger partial charge in [0.1, 0.15) is 51.6 Å². The standard InChI is InChI=1S/C18H20ClNO2.C18H14ClNO.C18H21NO2.C15H15NO.C14H10Cl3NO/c1-11-7-14(19)8-12(17(11)22)10-20-15-9-13(18(2,3)4)5-6-16(15)21;1-12-6-8-14(10-17(12)19)20-11-16-15-5-3-2-4-13(15)7-9-18(16)21;1-12-5-7-16(20)13(9-12)11-19-15-10-14(18(2,3)4)6-8-17(15)21;1-11-7-8-14(12(2)9-11)16-10-13-5-3-4-6-15(13)17;1-8-2-10(15)3-9(14(8)19)7-18-13-5-11(16)4-12(17)6-13/h5-10,21-22H,1-4H3;2-11,21H,1H3;5-11,20-21H,1-4H3;3-10,17H,1-2H3;2-7,19H,1H3. The van der Waals surface area contributed by atoms with Crippen LogP contribution in [-0.2, 0) is 10.8 Å². The van der Waals surface area contributed by atoms with Crippen LogP contribution in [0.4, 0.5) is 28.4 Å². The van der Waals surface area contributed by atoms with Gasteiger partial charge in [-0.05, 0) is 212 Å². The Balaban J connectivity index is 0.000000176. The van der Waals surface area contributed by atoms with Gasteiger partial charge in [0, 0.05) is 84.0 Å². The van der Waals surface area contributed by atoms with Crippen LogP contribution >= 0.6 is 58.0 Å². The molecule has 514 valence electrons. The summed E-state index contributed by atoms with van der Waals surface area (Å²) in [7, 11) is 0. The fourth-order valence-corrected chi connectivity index (χ4v) is 10.9. The first-order chi connectivity index (χ1) is 47.2. The molecule has 0 atom stereocenters. The fraction of sp³-hybridized carbons (Fsp3) is 0.169. The van der Waals surface area contributed by atoms with Gasteiger partial charge in [-0.15, -0.1) is 0 Å². The first-order valence-electron chi connectivity index (χ1n) is 31.7. The Bertz CT molecular complexity index is 4860. The van der Waals surface area contributed by atoms with Crippen LogP contribution in [-0.4, -0.2) is 66.8 Å². The van der Waals surface area contributed by atoms with Gasteiger partial charge in [0.25, 0.3) is 0 Å². The smallest absolute Gasteiger partial charge is 0.141 e. The molecule has 0 aromatic heterocycles. The van der Waals surface area contributed by atoms with E-state index in [0.717, 1.165) is 55.5 Å². The topological polar surface area (TPSA) is 203 Å². The molecule has 12 nitrogen and oxygen atoms in total. The molecule has 0 aliphatic rings. The molecule has 0 saturated carbocycles. The molecule has 0 bridgehead atoms. The summed E-state index contributed by atoms with van der Waals surface area (Å²) in [5.74, 6) is 1.17. The number of halogens is 5. The van der Waals surface area contributed by atoms with Crippen molar-refractivity contribution in [1.29, 1.82) is 0 Å². The van der Waals surface area contributed by atoms with E-state index in [4.69, 9.17) is 58.0 Å². The number of phenolic OH excluding ortho intramolecular Hbond substituents is 7. The lowest BCUT2D eigenvalue weighted by atomic mass is 9.87. The monoisotopic (exact) mass is 1430 g/mol. The van der Waals surface area contributed by atoms with E-state index < -0.39 is 0 Å². The Morgan fingerprint density at radius 3 is 1.33 bits per heavy atom. The summed E-state index contributed by atoms with van der Waals surface area (Å²) in [6.07, 6.45) is 7.97. The predicted molar refractivity (Wildman–Crippen MR) is 421 cm³/mol. The lowest BCUT2D eigenvalue weighted by molar-refractivity contribution is 0.470. The number of hydrogen-bond donors (Lipinski definition) is 7. The summed E-state index contributed by atoms with van der Waals surface area (Å²) >= 11 is 29.8. The average molecular weight is 1440 g/mol. The molecule has 0 radical (unpaired) electrons. The molecule has 0 spiro atoms. The van der Waals surface area contributed by atoms with Crippen molar-refractivity contribution < 1.29 is 35.7 Å². The molecular weight excluding hydrogens is 1360 g/mol. The van der Waals surface area contributed by atoms with Crippen molar-refractivity contribution in [2.75, 3.05) is 0 Å². The van der Waals surface area contributed by atoms with Crippen LogP contribution < -0.4 is 0 Å². The quantitative estimate of drug-likeness (QED) is 0.0660. The number of rotatable bonds is 10. The molecule has 7 N–H and O–H groups in total. The second-order valence-corrected chi connectivity index (χ2v) is 27.9. The van der Waals surface area contributed by atoms with Gasteiger partial charge in [-0.1, -0.05) is 190 Å². The van der Waals surface area contributed by atoms with E-state index in [1.807, 2.05) is 130 Å². The van der Waals surface area contributed by atoms with E-state index in [1.54, 1.807) is 111 Å². The summed E-state index contributed by atoms with van der Waals surface area (Å²) in [5.41, 5.74) is 14.3. The average Bonchev–Trinajstić information content (AvgIpc) is 0.819. The fourth-order valence-electron chi connectivity index (χ4n) is 9.63. The van der Waals surface area contributed by atoms with E-state index in [2.05, 4.69) is 79.5 Å². The Kier molecular flexibility index (Phi) is 27.3. The highest BCUT2D eigenvalue weighted by Crippen LogP contribution is 2.37. The predicted octanol–water partition coefficient (Wildman–Crippen LogP) is 24.0. The van der Waals surface area contributed by atoms with Crippen LogP contribution in [0.15, 0.2) is 219 Å². The molecule has 17 heteroatoms. The lowest BCUT2D eigenvalue weighted by Crippen LogP contribution is -2.10. The number of phenols is 7. The third kappa shape index (κ3) is 22.8. The summed E-state index contributed by atoms with van der Waals surface area (Å²) in [5, 5.41) is 74.1. The zero-order valence-corrected chi connectivity index (χ0v) is 61.4. The van der Waals surface area contributed by atoms with Gasteiger partial charge in [0.15, 0.2) is 0 Å². The Hall–Kier alpha value is -9.92. The van der Waals surface area contributed by atoms with E-state index in [1.165, 1.54) is 18.0 Å². The maximum absolute atomic E-state index is 10.1. The molecule has 0 aliphatic heterocycles. The zero-order valence-electron chi connectivity index (χ0n) is 57.6. The number of aliphatic imine (C=N–C) groups is 5. The van der Waals surface area contributed by atoms with Crippen LogP contribution in [0, 0.1) is 41.5 Å². The third-order valence-corrected chi connectivity index (χ3v) is 16.7. The van der Waals surface area contributed by atoms with Crippen molar-refractivity contribution >= 4 is 128 Å². The van der Waals surface area contributed by atoms with Crippen molar-refractivity contribution in [3.05, 3.63) is 292 Å². The van der Waals surface area contributed by atoms with Crippen LogP contribution in [0.3, 0.4) is 0 Å². The lowest BCUT2D eigenvalue weighted by Gasteiger charge is -2.19. The maximum Gasteiger partial charge on any atom is 0.141 e. The van der Waals surface area contributed by atoms with Crippen molar-refractivity contribution in [3.8, 4) is 40.2 Å². The molecule has 11 rings (SSSR count). The van der Waals surface area contributed by atoms with Gasteiger partial charge >= 0.3 is 0 Å². The van der Waals surface area contributed by atoms with E-state index in [-0.39, 0.29) is 51.1 Å². The van der Waals surface area contributed by atoms with Gasteiger partial charge in [-0.2, -0.15) is 0 Å². The van der Waals surface area contributed by atoms with Crippen LogP contribution in [0.2, 0.25) is 25.1 Å². The number of para-hydroxylation sites is 1. The Morgan fingerprint density at radius 2 is 0.770 bits per heavy atom. The maximum atomic E-state index is 10.1. The van der Waals surface area contributed by atoms with Gasteiger partial charge in [-0.3, -0.25) is 25.0 Å². The molecule has 0 aliphatic carbocycles. The molecule has 11 aromatic rings. The van der Waals surface area contributed by atoms with Crippen LogP contribution in [0.1, 0.15) is 114 Å². The number of nitrogens with zero attached hydrogens (tertiary/aromatic N) is 5. The largest absolute Gasteiger partial charge is 0.507 e. The molecule has 0 amide bonds. The molecule has 0 unspecified atom stereocenters. The van der Waals surface area contributed by atoms with Crippen molar-refractivity contribution in [2.45, 2.75) is 93.9 Å². The van der Waals surface area contributed by atoms with E-state index >= 15 is 0 Å². The minimum atomic E-state index is -0.0350. The third-order valence-electron chi connectivity index (χ3n) is 15.4. The highest BCUT2D eigenvalue weighted by atomic mass is 35.5. The number of aryl methyl sites for hydroxylation is 6. The first-order valence-corrected chi connectivity index (χ1v) is 33.5. The second-order valence-electron chi connectivity index (χ2n) is 25.7. The first kappa shape index (κ1) is 77.4. The van der Waals surface area contributed by atoms with Gasteiger partial charge in [0.05, 0.1) is 17.1 Å². The minimum absolute atomic E-state index is 0.0105. The normalized spacial score (nSPS) is 11.5. The van der Waals surface area contributed by atoms with Gasteiger partial charge in [-0.25, -0.2) is 0 Å². The SMILES string of the molecule is Cc1cc(Cl)cc(C=Nc2cc(C(C)(C)C)ccc2O)c1O.Cc1cc(Cl)cc(C=Nc2cc(Cl)cc(Cl)c2)c1O.Cc1ccc(N=Cc2c(O)ccc3ccccc23)cc1Cl.Cc1ccc(N=Cc2ccccc2O)c(C)c1.Cc1ccc(O)c(C=Nc2cc(C(C)(C)C)ccc2O)c1. The van der Waals surface area contributed by atoms with E-state index in [9.17, 15) is 35.7 Å². The number of hydrogen-bond acceptors (Lipinski definition) is 12. The molecule has 0 fully saturated rings. The van der Waals surface area contributed by atoms with Crippen LogP contribution in [0.5, 0.6) is 40.2 Å². The highest BCUT2D eigenvalue weighted by Gasteiger charge is 2.17.